The van der Waals surface area contributed by atoms with Crippen LogP contribution in [0.25, 0.3) is 0 Å². The largest absolute Gasteiger partial charge is 0.490 e. The van der Waals surface area contributed by atoms with Crippen LogP contribution < -0.4 is 9.64 Å². The first-order valence-electron chi connectivity index (χ1n) is 6.69. The number of nitro groups is 1. The van der Waals surface area contributed by atoms with E-state index in [0.717, 1.165) is 0 Å². The normalized spacial score (nSPS) is 21.9. The van der Waals surface area contributed by atoms with Crippen LogP contribution in [0.5, 0.6) is 5.75 Å². The Morgan fingerprint density at radius 3 is 2.81 bits per heavy atom. The predicted octanol–water partition coefficient (Wildman–Crippen LogP) is 2.29. The smallest absolute Gasteiger partial charge is 0.333 e. The highest BCUT2D eigenvalue weighted by atomic mass is 16.6. The number of piperidine rings is 1. The van der Waals surface area contributed by atoms with E-state index in [0.29, 0.717) is 25.1 Å². The molecule has 1 unspecified atom stereocenters. The summed E-state index contributed by atoms with van der Waals surface area (Å²) in [5, 5.41) is 20.7. The van der Waals surface area contributed by atoms with Gasteiger partial charge in [0, 0.05) is 13.1 Å². The Bertz CT molecular complexity index is 574. The van der Waals surface area contributed by atoms with E-state index in [9.17, 15) is 20.0 Å². The highest BCUT2D eigenvalue weighted by Crippen LogP contribution is 2.40. The zero-order valence-electron chi connectivity index (χ0n) is 12.0. The number of nitrogens with zero attached hydrogens (tertiary/aromatic N) is 2. The van der Waals surface area contributed by atoms with Gasteiger partial charge in [-0.05, 0) is 31.9 Å². The monoisotopic (exact) mass is 294 g/mol. The molecule has 0 bridgehead atoms. The molecule has 7 heteroatoms. The quantitative estimate of drug-likeness (QED) is 0.676. The van der Waals surface area contributed by atoms with Crippen molar-refractivity contribution in [3.8, 4) is 5.75 Å². The average molecular weight is 294 g/mol. The van der Waals surface area contributed by atoms with Crippen molar-refractivity contribution in [2.24, 2.45) is 5.41 Å². The Morgan fingerprint density at radius 1 is 1.52 bits per heavy atom. The number of carboxylic acid groups (broad SMARTS) is 1. The Kier molecular flexibility index (Phi) is 4.02. The number of aliphatic carboxylic acids is 1. The lowest BCUT2D eigenvalue weighted by Gasteiger charge is -2.38. The number of anilines is 1. The molecule has 0 saturated carbocycles. The highest BCUT2D eigenvalue weighted by Gasteiger charge is 2.39. The van der Waals surface area contributed by atoms with Crippen LogP contribution in [-0.4, -0.2) is 36.2 Å². The van der Waals surface area contributed by atoms with Crippen LogP contribution in [0.1, 0.15) is 19.8 Å². The fourth-order valence-corrected chi connectivity index (χ4v) is 2.73. The molecular formula is C14H18N2O5. The number of carboxylic acids is 1. The number of ether oxygens (including phenoxy) is 1. The van der Waals surface area contributed by atoms with E-state index >= 15 is 0 Å². The fourth-order valence-electron chi connectivity index (χ4n) is 2.73. The van der Waals surface area contributed by atoms with Crippen LogP contribution in [0.2, 0.25) is 0 Å². The van der Waals surface area contributed by atoms with Gasteiger partial charge in [0.05, 0.1) is 17.4 Å². The molecule has 0 aromatic heterocycles. The Labute approximate surface area is 122 Å². The van der Waals surface area contributed by atoms with Crippen LogP contribution >= 0.6 is 0 Å². The van der Waals surface area contributed by atoms with Gasteiger partial charge in [0.1, 0.15) is 5.69 Å². The molecule has 0 amide bonds. The molecule has 1 aromatic carbocycles. The average Bonchev–Trinajstić information content (AvgIpc) is 2.46. The van der Waals surface area contributed by atoms with E-state index in [-0.39, 0.29) is 18.0 Å². The van der Waals surface area contributed by atoms with Crippen molar-refractivity contribution < 1.29 is 19.6 Å². The second kappa shape index (κ2) is 5.59. The standard InChI is InChI=1S/C14H18N2O5/c1-14(13(17)18)7-4-8-15(9-14)10-5-3-6-11(21-2)12(10)16(19)20/h3,5-6H,4,7-9H2,1-2H3,(H,17,18). The zero-order chi connectivity index (χ0) is 15.6. The number of rotatable bonds is 4. The van der Waals surface area contributed by atoms with E-state index < -0.39 is 16.3 Å². The van der Waals surface area contributed by atoms with Gasteiger partial charge >= 0.3 is 11.7 Å². The van der Waals surface area contributed by atoms with E-state index in [1.165, 1.54) is 13.2 Å². The predicted molar refractivity (Wildman–Crippen MR) is 76.8 cm³/mol. The number of hydrogen-bond donors (Lipinski definition) is 1. The van der Waals surface area contributed by atoms with Gasteiger partial charge in [-0.1, -0.05) is 6.07 Å². The van der Waals surface area contributed by atoms with Crippen molar-refractivity contribution in [1.29, 1.82) is 0 Å². The first kappa shape index (κ1) is 15.1. The second-order valence-corrected chi connectivity index (χ2v) is 5.48. The van der Waals surface area contributed by atoms with Gasteiger partial charge in [0.2, 0.25) is 0 Å². The molecule has 1 aliphatic rings. The molecule has 21 heavy (non-hydrogen) atoms. The molecule has 1 heterocycles. The summed E-state index contributed by atoms with van der Waals surface area (Å²) >= 11 is 0. The summed E-state index contributed by atoms with van der Waals surface area (Å²) in [6, 6.07) is 4.84. The lowest BCUT2D eigenvalue weighted by molar-refractivity contribution is -0.385. The van der Waals surface area contributed by atoms with Crippen molar-refractivity contribution in [2.45, 2.75) is 19.8 Å². The molecule has 0 spiro atoms. The zero-order valence-corrected chi connectivity index (χ0v) is 12.0. The summed E-state index contributed by atoms with van der Waals surface area (Å²) in [5.41, 5.74) is -0.601. The third kappa shape index (κ3) is 2.76. The van der Waals surface area contributed by atoms with Crippen LogP contribution in [0.4, 0.5) is 11.4 Å². The number of nitro benzene ring substituents is 1. The SMILES string of the molecule is COc1cccc(N2CCCC(C)(C(=O)O)C2)c1[N+](=O)[O-]. The number of methoxy groups -OCH3 is 1. The molecule has 0 radical (unpaired) electrons. The molecule has 1 N–H and O–H groups in total. The summed E-state index contributed by atoms with van der Waals surface area (Å²) in [5.74, 6) is -0.696. The van der Waals surface area contributed by atoms with Gasteiger partial charge in [0.15, 0.2) is 5.75 Å². The summed E-state index contributed by atoms with van der Waals surface area (Å²) in [6.07, 6.45) is 1.24. The molecule has 1 saturated heterocycles. The molecular weight excluding hydrogens is 276 g/mol. The van der Waals surface area contributed by atoms with Gasteiger partial charge in [-0.2, -0.15) is 0 Å². The topological polar surface area (TPSA) is 92.9 Å². The van der Waals surface area contributed by atoms with Gasteiger partial charge < -0.3 is 14.7 Å². The molecule has 1 atom stereocenters. The maximum Gasteiger partial charge on any atom is 0.333 e. The van der Waals surface area contributed by atoms with Crippen molar-refractivity contribution >= 4 is 17.3 Å². The minimum Gasteiger partial charge on any atom is -0.490 e. The molecule has 0 aliphatic carbocycles. The van der Waals surface area contributed by atoms with Gasteiger partial charge in [-0.25, -0.2) is 0 Å². The third-order valence-electron chi connectivity index (χ3n) is 3.93. The van der Waals surface area contributed by atoms with Crippen molar-refractivity contribution in [1.82, 2.24) is 0 Å². The molecule has 114 valence electrons. The van der Waals surface area contributed by atoms with Gasteiger partial charge in [-0.15, -0.1) is 0 Å². The number of carbonyl (C=O) groups is 1. The lowest BCUT2D eigenvalue weighted by atomic mass is 9.82. The fraction of sp³-hybridized carbons (Fsp3) is 0.500. The van der Waals surface area contributed by atoms with Gasteiger partial charge in [0.25, 0.3) is 0 Å². The first-order valence-corrected chi connectivity index (χ1v) is 6.69. The summed E-state index contributed by atoms with van der Waals surface area (Å²) < 4.78 is 5.05. The highest BCUT2D eigenvalue weighted by molar-refractivity contribution is 5.77. The number of benzene rings is 1. The number of hydrogen-bond acceptors (Lipinski definition) is 5. The van der Waals surface area contributed by atoms with Crippen molar-refractivity contribution in [2.75, 3.05) is 25.1 Å². The minimum absolute atomic E-state index is 0.116. The maximum atomic E-state index is 11.4. The molecule has 1 fully saturated rings. The van der Waals surface area contributed by atoms with E-state index in [2.05, 4.69) is 0 Å². The van der Waals surface area contributed by atoms with Crippen LogP contribution in [0.3, 0.4) is 0 Å². The molecule has 1 aliphatic heterocycles. The Morgan fingerprint density at radius 2 is 2.24 bits per heavy atom. The molecule has 7 nitrogen and oxygen atoms in total. The first-order chi connectivity index (χ1) is 9.89. The lowest BCUT2D eigenvalue weighted by Crippen LogP contribution is -2.46. The van der Waals surface area contributed by atoms with Crippen molar-refractivity contribution in [3.63, 3.8) is 0 Å². The third-order valence-corrected chi connectivity index (χ3v) is 3.93. The van der Waals surface area contributed by atoms with Crippen LogP contribution in [-0.2, 0) is 4.79 Å². The van der Waals surface area contributed by atoms with E-state index in [1.54, 1.807) is 24.0 Å². The Balaban J connectivity index is 2.42. The molecule has 2 rings (SSSR count). The summed E-state index contributed by atoms with van der Waals surface area (Å²) in [6.45, 7) is 2.51. The van der Waals surface area contributed by atoms with E-state index in [4.69, 9.17) is 4.74 Å². The summed E-state index contributed by atoms with van der Waals surface area (Å²) in [7, 11) is 1.38. The number of para-hydroxylation sites is 1. The maximum absolute atomic E-state index is 11.4. The van der Waals surface area contributed by atoms with Gasteiger partial charge in [-0.3, -0.25) is 14.9 Å². The molecule has 1 aromatic rings. The second-order valence-electron chi connectivity index (χ2n) is 5.48. The van der Waals surface area contributed by atoms with Crippen LogP contribution in [0.15, 0.2) is 18.2 Å². The minimum atomic E-state index is -0.894. The van der Waals surface area contributed by atoms with Crippen molar-refractivity contribution in [3.05, 3.63) is 28.3 Å². The van der Waals surface area contributed by atoms with E-state index in [1.807, 2.05) is 0 Å². The Hall–Kier alpha value is -2.31. The summed E-state index contributed by atoms with van der Waals surface area (Å²) in [4.78, 5) is 24.0. The van der Waals surface area contributed by atoms with Crippen LogP contribution in [0, 0.1) is 15.5 Å².